The van der Waals surface area contributed by atoms with E-state index < -0.39 is 0 Å². The monoisotopic (exact) mass is 311 g/mol. The maximum atomic E-state index is 12.4. The summed E-state index contributed by atoms with van der Waals surface area (Å²) in [5.41, 5.74) is 1.39. The Morgan fingerprint density at radius 1 is 1.17 bits per heavy atom. The van der Waals surface area contributed by atoms with Crippen molar-refractivity contribution in [3.05, 3.63) is 59.9 Å². The number of para-hydroxylation sites is 1. The van der Waals surface area contributed by atoms with Crippen molar-refractivity contribution >= 4 is 17.5 Å². The van der Waals surface area contributed by atoms with Crippen molar-refractivity contribution in [1.82, 2.24) is 9.88 Å². The van der Waals surface area contributed by atoms with Crippen molar-refractivity contribution in [3.63, 3.8) is 0 Å². The van der Waals surface area contributed by atoms with Gasteiger partial charge in [0, 0.05) is 31.0 Å². The molecule has 23 heavy (non-hydrogen) atoms. The molecule has 2 aromatic rings. The molecule has 0 aliphatic rings. The first-order valence-electron chi connectivity index (χ1n) is 7.69. The maximum absolute atomic E-state index is 12.4. The molecule has 0 fully saturated rings. The van der Waals surface area contributed by atoms with Gasteiger partial charge in [-0.2, -0.15) is 0 Å². The molecular weight excluding hydrogens is 290 g/mol. The van der Waals surface area contributed by atoms with Crippen LogP contribution in [0.3, 0.4) is 0 Å². The highest BCUT2D eigenvalue weighted by Gasteiger charge is 2.15. The standard InChI is InChI=1S/C18H21N3O2/c1-3-4-12-21(2)18(23)14-10-11-19-16(13-14)17(22)20-15-8-6-5-7-9-15/h5-11,13H,3-4,12H2,1-2H3,(H,20,22). The molecular formula is C18H21N3O2. The lowest BCUT2D eigenvalue weighted by Crippen LogP contribution is -2.28. The average molecular weight is 311 g/mol. The summed E-state index contributed by atoms with van der Waals surface area (Å²) in [4.78, 5) is 30.3. The third kappa shape index (κ3) is 4.64. The van der Waals surface area contributed by atoms with Crippen LogP contribution in [0.1, 0.15) is 40.6 Å². The van der Waals surface area contributed by atoms with Crippen LogP contribution in [-0.2, 0) is 0 Å². The number of benzene rings is 1. The van der Waals surface area contributed by atoms with Gasteiger partial charge in [0.05, 0.1) is 0 Å². The van der Waals surface area contributed by atoms with Gasteiger partial charge in [-0.1, -0.05) is 31.5 Å². The van der Waals surface area contributed by atoms with Gasteiger partial charge in [-0.05, 0) is 30.7 Å². The van der Waals surface area contributed by atoms with Crippen LogP contribution in [0.2, 0.25) is 0 Å². The molecule has 0 aliphatic heterocycles. The summed E-state index contributed by atoms with van der Waals surface area (Å²) < 4.78 is 0. The maximum Gasteiger partial charge on any atom is 0.274 e. The van der Waals surface area contributed by atoms with E-state index in [1.807, 2.05) is 18.2 Å². The fourth-order valence-electron chi connectivity index (χ4n) is 2.12. The molecule has 1 N–H and O–H groups in total. The fraction of sp³-hybridized carbons (Fsp3) is 0.278. The Labute approximate surface area is 136 Å². The van der Waals surface area contributed by atoms with Crippen molar-refractivity contribution in [2.75, 3.05) is 18.9 Å². The minimum absolute atomic E-state index is 0.102. The van der Waals surface area contributed by atoms with Gasteiger partial charge in [0.2, 0.25) is 0 Å². The second-order valence-corrected chi connectivity index (χ2v) is 5.33. The second kappa shape index (κ2) is 8.08. The normalized spacial score (nSPS) is 10.2. The molecule has 0 bridgehead atoms. The predicted octanol–water partition coefficient (Wildman–Crippen LogP) is 3.21. The molecule has 0 aliphatic carbocycles. The van der Waals surface area contributed by atoms with Crippen LogP contribution in [-0.4, -0.2) is 35.3 Å². The van der Waals surface area contributed by atoms with E-state index in [2.05, 4.69) is 17.2 Å². The van der Waals surface area contributed by atoms with Crippen molar-refractivity contribution < 1.29 is 9.59 Å². The molecule has 0 saturated carbocycles. The number of aromatic nitrogens is 1. The number of rotatable bonds is 6. The summed E-state index contributed by atoms with van der Waals surface area (Å²) in [6.07, 6.45) is 3.47. The first-order chi connectivity index (χ1) is 11.1. The topological polar surface area (TPSA) is 62.3 Å². The minimum Gasteiger partial charge on any atom is -0.342 e. The Kier molecular flexibility index (Phi) is 5.86. The highest BCUT2D eigenvalue weighted by molar-refractivity contribution is 6.04. The summed E-state index contributed by atoms with van der Waals surface area (Å²) in [5, 5.41) is 2.76. The number of carbonyl (C=O) groups excluding carboxylic acids is 2. The molecule has 0 saturated heterocycles. The van der Waals surface area contributed by atoms with Gasteiger partial charge in [0.15, 0.2) is 0 Å². The van der Waals surface area contributed by atoms with Crippen LogP contribution in [0.5, 0.6) is 0 Å². The number of carbonyl (C=O) groups is 2. The lowest BCUT2D eigenvalue weighted by molar-refractivity contribution is 0.0793. The van der Waals surface area contributed by atoms with Crippen LogP contribution in [0.4, 0.5) is 5.69 Å². The molecule has 5 heteroatoms. The van der Waals surface area contributed by atoms with Crippen LogP contribution in [0.15, 0.2) is 48.7 Å². The quantitative estimate of drug-likeness (QED) is 0.891. The first-order valence-corrected chi connectivity index (χ1v) is 7.69. The molecule has 0 atom stereocenters. The number of hydrogen-bond donors (Lipinski definition) is 1. The molecule has 1 aromatic heterocycles. The van der Waals surface area contributed by atoms with E-state index in [0.29, 0.717) is 17.8 Å². The number of pyridine rings is 1. The van der Waals surface area contributed by atoms with Crippen molar-refractivity contribution in [2.24, 2.45) is 0 Å². The van der Waals surface area contributed by atoms with Crippen LogP contribution in [0.25, 0.3) is 0 Å². The zero-order valence-corrected chi connectivity index (χ0v) is 13.5. The Balaban J connectivity index is 2.10. The van der Waals surface area contributed by atoms with Gasteiger partial charge in [-0.15, -0.1) is 0 Å². The predicted molar refractivity (Wildman–Crippen MR) is 90.5 cm³/mol. The Hall–Kier alpha value is -2.69. The van der Waals surface area contributed by atoms with Crippen molar-refractivity contribution in [3.8, 4) is 0 Å². The van der Waals surface area contributed by atoms with E-state index in [1.54, 1.807) is 30.1 Å². The summed E-state index contributed by atoms with van der Waals surface area (Å²) in [6, 6.07) is 12.3. The summed E-state index contributed by atoms with van der Waals surface area (Å²) in [7, 11) is 1.77. The number of anilines is 1. The zero-order valence-electron chi connectivity index (χ0n) is 13.5. The zero-order chi connectivity index (χ0) is 16.7. The lowest BCUT2D eigenvalue weighted by atomic mass is 10.2. The third-order valence-corrected chi connectivity index (χ3v) is 3.46. The third-order valence-electron chi connectivity index (χ3n) is 3.46. The van der Waals surface area contributed by atoms with Crippen molar-refractivity contribution in [1.29, 1.82) is 0 Å². The highest BCUT2D eigenvalue weighted by atomic mass is 16.2. The molecule has 0 spiro atoms. The van der Waals surface area contributed by atoms with Crippen LogP contribution < -0.4 is 5.32 Å². The largest absolute Gasteiger partial charge is 0.342 e. The minimum atomic E-state index is -0.331. The van der Waals surface area contributed by atoms with Gasteiger partial charge >= 0.3 is 0 Å². The summed E-state index contributed by atoms with van der Waals surface area (Å²) in [6.45, 7) is 2.78. The van der Waals surface area contributed by atoms with Gasteiger partial charge < -0.3 is 10.2 Å². The molecule has 120 valence electrons. The summed E-state index contributed by atoms with van der Waals surface area (Å²) >= 11 is 0. The van der Waals surface area contributed by atoms with E-state index in [4.69, 9.17) is 0 Å². The van der Waals surface area contributed by atoms with Gasteiger partial charge in [-0.25, -0.2) is 0 Å². The van der Waals surface area contributed by atoms with E-state index in [1.165, 1.54) is 12.3 Å². The summed E-state index contributed by atoms with van der Waals surface area (Å²) in [5.74, 6) is -0.434. The molecule has 5 nitrogen and oxygen atoms in total. The molecule has 0 radical (unpaired) electrons. The van der Waals surface area contributed by atoms with Gasteiger partial charge in [0.25, 0.3) is 11.8 Å². The number of nitrogens with zero attached hydrogens (tertiary/aromatic N) is 2. The number of nitrogens with one attached hydrogen (secondary N) is 1. The second-order valence-electron chi connectivity index (χ2n) is 5.33. The van der Waals surface area contributed by atoms with E-state index in [-0.39, 0.29) is 17.5 Å². The van der Waals surface area contributed by atoms with Gasteiger partial charge in [0.1, 0.15) is 5.69 Å². The van der Waals surface area contributed by atoms with E-state index >= 15 is 0 Å². The molecule has 1 aromatic carbocycles. The Bertz CT molecular complexity index is 671. The first kappa shape index (κ1) is 16.7. The molecule has 0 unspecified atom stereocenters. The average Bonchev–Trinajstić information content (AvgIpc) is 2.60. The number of hydrogen-bond acceptors (Lipinski definition) is 3. The molecule has 1 heterocycles. The molecule has 2 rings (SSSR count). The molecule has 2 amide bonds. The SMILES string of the molecule is CCCCN(C)C(=O)c1ccnc(C(=O)Nc2ccccc2)c1. The van der Waals surface area contributed by atoms with Crippen LogP contribution in [0, 0.1) is 0 Å². The van der Waals surface area contributed by atoms with Crippen LogP contribution >= 0.6 is 0 Å². The van der Waals surface area contributed by atoms with E-state index in [0.717, 1.165) is 12.8 Å². The van der Waals surface area contributed by atoms with Crippen molar-refractivity contribution in [2.45, 2.75) is 19.8 Å². The van der Waals surface area contributed by atoms with Gasteiger partial charge in [-0.3, -0.25) is 14.6 Å². The lowest BCUT2D eigenvalue weighted by Gasteiger charge is -2.16. The fourth-order valence-corrected chi connectivity index (χ4v) is 2.12. The Morgan fingerprint density at radius 3 is 2.61 bits per heavy atom. The Morgan fingerprint density at radius 2 is 1.91 bits per heavy atom. The van der Waals surface area contributed by atoms with E-state index in [9.17, 15) is 9.59 Å². The number of amides is 2. The number of unbranched alkanes of at least 4 members (excludes halogenated alkanes) is 1. The smallest absolute Gasteiger partial charge is 0.274 e. The highest BCUT2D eigenvalue weighted by Crippen LogP contribution is 2.10.